The van der Waals surface area contributed by atoms with Gasteiger partial charge in [0.05, 0.1) is 12.5 Å². The van der Waals surface area contributed by atoms with Crippen molar-refractivity contribution in [2.45, 2.75) is 38.3 Å². The summed E-state index contributed by atoms with van der Waals surface area (Å²) < 4.78 is 0. The first kappa shape index (κ1) is 19.2. The molecular formula is C20H28N4O3. The summed E-state index contributed by atoms with van der Waals surface area (Å²) in [5.74, 6) is -0.178. The van der Waals surface area contributed by atoms with E-state index >= 15 is 0 Å². The van der Waals surface area contributed by atoms with Crippen LogP contribution in [0.3, 0.4) is 0 Å². The van der Waals surface area contributed by atoms with E-state index in [2.05, 4.69) is 5.32 Å². The van der Waals surface area contributed by atoms with E-state index in [9.17, 15) is 14.4 Å². The van der Waals surface area contributed by atoms with Crippen LogP contribution in [0.15, 0.2) is 30.3 Å². The van der Waals surface area contributed by atoms with Gasteiger partial charge in [0.1, 0.15) is 6.04 Å². The number of nitrogens with zero attached hydrogens (tertiary/aromatic N) is 3. The molecule has 0 saturated carbocycles. The quantitative estimate of drug-likeness (QED) is 0.813. The maximum Gasteiger partial charge on any atom is 0.320 e. The topological polar surface area (TPSA) is 73.0 Å². The zero-order valence-electron chi connectivity index (χ0n) is 16.1. The molecule has 0 radical (unpaired) electrons. The first-order valence-corrected chi connectivity index (χ1v) is 9.63. The average molecular weight is 372 g/mol. The fraction of sp³-hybridized carbons (Fsp3) is 0.550. The molecule has 2 heterocycles. The van der Waals surface area contributed by atoms with E-state index in [1.54, 1.807) is 16.8 Å². The molecule has 1 aromatic rings. The molecule has 0 aromatic heterocycles. The van der Waals surface area contributed by atoms with Crippen LogP contribution in [-0.4, -0.2) is 77.9 Å². The van der Waals surface area contributed by atoms with Crippen LogP contribution in [0.1, 0.15) is 25.3 Å². The lowest BCUT2D eigenvalue weighted by Crippen LogP contribution is -2.58. The Morgan fingerprint density at radius 3 is 2.63 bits per heavy atom. The fourth-order valence-corrected chi connectivity index (χ4v) is 3.87. The highest BCUT2D eigenvalue weighted by molar-refractivity contribution is 5.88. The molecule has 7 heteroatoms. The Hall–Kier alpha value is -2.57. The number of nitrogens with one attached hydrogen (secondary N) is 1. The second-order valence-corrected chi connectivity index (χ2v) is 7.37. The summed E-state index contributed by atoms with van der Waals surface area (Å²) in [6, 6.07) is 9.10. The van der Waals surface area contributed by atoms with Gasteiger partial charge in [-0.25, -0.2) is 4.79 Å². The molecule has 2 fully saturated rings. The maximum absolute atomic E-state index is 13.0. The van der Waals surface area contributed by atoms with Gasteiger partial charge in [-0.2, -0.15) is 0 Å². The van der Waals surface area contributed by atoms with Crippen molar-refractivity contribution in [3.05, 3.63) is 35.9 Å². The van der Waals surface area contributed by atoms with E-state index in [4.69, 9.17) is 0 Å². The molecule has 146 valence electrons. The van der Waals surface area contributed by atoms with E-state index in [-0.39, 0.29) is 30.3 Å². The largest absolute Gasteiger partial charge is 0.344 e. The minimum Gasteiger partial charge on any atom is -0.344 e. The van der Waals surface area contributed by atoms with Gasteiger partial charge >= 0.3 is 6.03 Å². The normalized spacial score (nSPS) is 20.4. The van der Waals surface area contributed by atoms with Gasteiger partial charge in [-0.1, -0.05) is 43.7 Å². The molecule has 2 unspecified atom stereocenters. The number of carbonyl (C=O) groups is 3. The number of piperazine rings is 1. The first-order valence-electron chi connectivity index (χ1n) is 9.63. The summed E-state index contributed by atoms with van der Waals surface area (Å²) in [4.78, 5) is 42.8. The van der Waals surface area contributed by atoms with Crippen molar-refractivity contribution < 1.29 is 14.4 Å². The van der Waals surface area contributed by atoms with Crippen LogP contribution in [0.4, 0.5) is 4.79 Å². The van der Waals surface area contributed by atoms with Gasteiger partial charge in [0.15, 0.2) is 0 Å². The second-order valence-electron chi connectivity index (χ2n) is 7.37. The zero-order chi connectivity index (χ0) is 19.4. The van der Waals surface area contributed by atoms with E-state index in [1.807, 2.05) is 42.2 Å². The molecule has 2 aliphatic heterocycles. The van der Waals surface area contributed by atoms with Gasteiger partial charge in [-0.3, -0.25) is 9.59 Å². The van der Waals surface area contributed by atoms with Crippen LogP contribution in [0, 0.1) is 0 Å². The third kappa shape index (κ3) is 4.40. The number of rotatable bonds is 6. The van der Waals surface area contributed by atoms with Gasteiger partial charge in [0, 0.05) is 33.2 Å². The number of hydrogen-bond donors (Lipinski definition) is 1. The van der Waals surface area contributed by atoms with E-state index in [0.717, 1.165) is 12.0 Å². The Morgan fingerprint density at radius 1 is 1.19 bits per heavy atom. The van der Waals surface area contributed by atoms with Crippen molar-refractivity contribution in [1.82, 2.24) is 20.0 Å². The maximum atomic E-state index is 13.0. The lowest BCUT2D eigenvalue weighted by molar-refractivity contribution is -0.138. The molecule has 2 aliphatic rings. The van der Waals surface area contributed by atoms with Crippen molar-refractivity contribution in [3.63, 3.8) is 0 Å². The molecule has 0 aliphatic carbocycles. The number of hydrogen-bond acceptors (Lipinski definition) is 3. The van der Waals surface area contributed by atoms with Gasteiger partial charge in [-0.15, -0.1) is 0 Å². The Balaban J connectivity index is 1.60. The van der Waals surface area contributed by atoms with Gasteiger partial charge in [0.2, 0.25) is 11.8 Å². The summed E-state index contributed by atoms with van der Waals surface area (Å²) in [6.07, 6.45) is 1.69. The number of fused-ring (bicyclic) bond motifs is 1. The minimum absolute atomic E-state index is 0.0355. The minimum atomic E-state index is -0.507. The van der Waals surface area contributed by atoms with E-state index < -0.39 is 6.04 Å². The van der Waals surface area contributed by atoms with Crippen molar-refractivity contribution in [2.75, 3.05) is 33.2 Å². The van der Waals surface area contributed by atoms with Gasteiger partial charge < -0.3 is 20.0 Å². The molecule has 0 bridgehead atoms. The van der Waals surface area contributed by atoms with E-state index in [0.29, 0.717) is 32.6 Å². The predicted octanol–water partition coefficient (Wildman–Crippen LogP) is 1.09. The van der Waals surface area contributed by atoms with Gasteiger partial charge in [0.25, 0.3) is 0 Å². The predicted molar refractivity (Wildman–Crippen MR) is 102 cm³/mol. The molecular weight excluding hydrogens is 344 g/mol. The fourth-order valence-electron chi connectivity index (χ4n) is 3.87. The lowest BCUT2D eigenvalue weighted by Gasteiger charge is -2.38. The van der Waals surface area contributed by atoms with Crippen molar-refractivity contribution in [1.29, 1.82) is 0 Å². The molecule has 4 amide bonds. The Morgan fingerprint density at radius 2 is 1.93 bits per heavy atom. The van der Waals surface area contributed by atoms with Crippen LogP contribution in [0.25, 0.3) is 0 Å². The summed E-state index contributed by atoms with van der Waals surface area (Å²) >= 11 is 0. The molecule has 7 nitrogen and oxygen atoms in total. The molecule has 2 saturated heterocycles. The third-order valence-corrected chi connectivity index (χ3v) is 5.27. The first-order chi connectivity index (χ1) is 13.0. The summed E-state index contributed by atoms with van der Waals surface area (Å²) in [5.41, 5.74) is 0.929. The monoisotopic (exact) mass is 372 g/mol. The standard InChI is InChI=1S/C20H28N4O3/c1-3-7-17(21-18(25)12-15-8-5-4-6-9-15)19(26)23-10-11-24-16(14-23)13-22(2)20(24)27/h4-6,8-9,16-17H,3,7,10-14H2,1-2H3,(H,21,25). The SMILES string of the molecule is CCCC(NC(=O)Cc1ccccc1)C(=O)N1CCN2C(=O)N(C)CC2C1. The summed E-state index contributed by atoms with van der Waals surface area (Å²) in [5, 5.41) is 2.92. The Kier molecular flexibility index (Phi) is 5.98. The number of amides is 4. The molecule has 1 aromatic carbocycles. The Labute approximate surface area is 160 Å². The van der Waals surface area contributed by atoms with Crippen molar-refractivity contribution in [3.8, 4) is 0 Å². The summed E-state index contributed by atoms with van der Waals surface area (Å²) in [7, 11) is 1.79. The van der Waals surface area contributed by atoms with E-state index in [1.165, 1.54) is 0 Å². The van der Waals surface area contributed by atoms with Crippen LogP contribution in [0.2, 0.25) is 0 Å². The van der Waals surface area contributed by atoms with Crippen LogP contribution >= 0.6 is 0 Å². The highest BCUT2D eigenvalue weighted by Gasteiger charge is 2.41. The molecule has 2 atom stereocenters. The average Bonchev–Trinajstić information content (AvgIpc) is 2.95. The number of likely N-dealkylation sites (N-methyl/N-ethyl adjacent to an activating group) is 1. The van der Waals surface area contributed by atoms with Crippen molar-refractivity contribution in [2.24, 2.45) is 0 Å². The molecule has 27 heavy (non-hydrogen) atoms. The summed E-state index contributed by atoms with van der Waals surface area (Å²) in [6.45, 7) is 4.25. The molecule has 0 spiro atoms. The number of benzene rings is 1. The highest BCUT2D eigenvalue weighted by atomic mass is 16.2. The van der Waals surface area contributed by atoms with Crippen molar-refractivity contribution >= 4 is 17.8 Å². The zero-order valence-corrected chi connectivity index (χ0v) is 16.1. The Bertz CT molecular complexity index is 694. The molecule has 1 N–H and O–H groups in total. The second kappa shape index (κ2) is 8.41. The third-order valence-electron chi connectivity index (χ3n) is 5.27. The number of carbonyl (C=O) groups excluding carboxylic acids is 3. The highest BCUT2D eigenvalue weighted by Crippen LogP contribution is 2.20. The van der Waals surface area contributed by atoms with Crippen LogP contribution < -0.4 is 5.32 Å². The van der Waals surface area contributed by atoms with Crippen LogP contribution in [-0.2, 0) is 16.0 Å². The number of urea groups is 1. The van der Waals surface area contributed by atoms with Crippen LogP contribution in [0.5, 0.6) is 0 Å². The lowest BCUT2D eigenvalue weighted by atomic mass is 10.1. The molecule has 3 rings (SSSR count). The van der Waals surface area contributed by atoms with Gasteiger partial charge in [-0.05, 0) is 12.0 Å². The smallest absolute Gasteiger partial charge is 0.320 e.